The van der Waals surface area contributed by atoms with Crippen LogP contribution in [0, 0.1) is 12.8 Å². The molecule has 5 nitrogen and oxygen atoms in total. The Morgan fingerprint density at radius 2 is 2.08 bits per heavy atom. The largest absolute Gasteiger partial charge is 0.349 e. The maximum absolute atomic E-state index is 12.9. The van der Waals surface area contributed by atoms with Crippen molar-refractivity contribution in [1.29, 1.82) is 0 Å². The second kappa shape index (κ2) is 8.49. The highest BCUT2D eigenvalue weighted by atomic mass is 16.1. The van der Waals surface area contributed by atoms with Gasteiger partial charge >= 0.3 is 0 Å². The Morgan fingerprint density at radius 1 is 1.31 bits per heavy atom. The molecule has 0 aliphatic carbocycles. The summed E-state index contributed by atoms with van der Waals surface area (Å²) >= 11 is 0. The van der Waals surface area contributed by atoms with Crippen LogP contribution in [0.25, 0.3) is 0 Å². The van der Waals surface area contributed by atoms with Crippen molar-refractivity contribution in [1.82, 2.24) is 20.0 Å². The molecule has 2 heterocycles. The van der Waals surface area contributed by atoms with E-state index in [1.54, 1.807) is 6.20 Å². The number of likely N-dealkylation sites (tertiary alicyclic amines) is 1. The number of benzene rings is 1. The minimum absolute atomic E-state index is 0.0115. The third-order valence-corrected chi connectivity index (χ3v) is 5.38. The second-order valence-electron chi connectivity index (χ2n) is 7.45. The first-order valence-electron chi connectivity index (χ1n) is 9.64. The van der Waals surface area contributed by atoms with E-state index >= 15 is 0 Å². The van der Waals surface area contributed by atoms with Gasteiger partial charge in [0.05, 0.1) is 11.8 Å². The molecule has 1 saturated heterocycles. The molecule has 2 atom stereocenters. The van der Waals surface area contributed by atoms with Crippen molar-refractivity contribution in [3.05, 3.63) is 53.3 Å². The second-order valence-corrected chi connectivity index (χ2v) is 7.45. The summed E-state index contributed by atoms with van der Waals surface area (Å²) in [6.07, 6.45) is 4.70. The Balaban J connectivity index is 1.70. The molecule has 26 heavy (non-hydrogen) atoms. The zero-order chi connectivity index (χ0) is 18.5. The molecule has 1 fully saturated rings. The molecule has 0 bridgehead atoms. The number of aryl methyl sites for hydroxylation is 1. The van der Waals surface area contributed by atoms with Gasteiger partial charge in [-0.05, 0) is 51.3 Å². The van der Waals surface area contributed by atoms with Gasteiger partial charge in [-0.2, -0.15) is 5.10 Å². The molecular weight excluding hydrogens is 324 g/mol. The van der Waals surface area contributed by atoms with Crippen LogP contribution in [0.2, 0.25) is 0 Å². The van der Waals surface area contributed by atoms with Crippen LogP contribution in [0.3, 0.4) is 0 Å². The van der Waals surface area contributed by atoms with Crippen LogP contribution < -0.4 is 5.32 Å². The van der Waals surface area contributed by atoms with Crippen molar-refractivity contribution in [2.45, 2.75) is 45.7 Å². The van der Waals surface area contributed by atoms with Crippen LogP contribution in [0.5, 0.6) is 0 Å². The SMILES string of the molecule is CCCn1ncc(C(=O)N[C@@H]2CCN(C)C[C@@H]2Cc2ccccc2)c1C. The van der Waals surface area contributed by atoms with Crippen LogP contribution >= 0.6 is 0 Å². The number of aromatic nitrogens is 2. The topological polar surface area (TPSA) is 50.2 Å². The van der Waals surface area contributed by atoms with Crippen molar-refractivity contribution in [3.63, 3.8) is 0 Å². The number of carbonyl (C=O) groups is 1. The predicted octanol–water partition coefficient (Wildman–Crippen LogP) is 2.89. The molecule has 5 heteroatoms. The zero-order valence-corrected chi connectivity index (χ0v) is 16.1. The number of nitrogens with zero attached hydrogens (tertiary/aromatic N) is 3. The molecule has 0 unspecified atom stereocenters. The molecule has 1 aromatic carbocycles. The number of hydrogen-bond donors (Lipinski definition) is 1. The van der Waals surface area contributed by atoms with Gasteiger partial charge in [-0.15, -0.1) is 0 Å². The number of amides is 1. The molecule has 1 aromatic heterocycles. The van der Waals surface area contributed by atoms with Gasteiger partial charge in [0.2, 0.25) is 0 Å². The van der Waals surface area contributed by atoms with Gasteiger partial charge in [-0.1, -0.05) is 37.3 Å². The van der Waals surface area contributed by atoms with Gasteiger partial charge in [0.25, 0.3) is 5.91 Å². The predicted molar refractivity (Wildman–Crippen MR) is 104 cm³/mol. The number of hydrogen-bond acceptors (Lipinski definition) is 3. The molecular formula is C21H30N4O. The van der Waals surface area contributed by atoms with Crippen LogP contribution in [0.15, 0.2) is 36.5 Å². The Morgan fingerprint density at radius 3 is 2.81 bits per heavy atom. The monoisotopic (exact) mass is 354 g/mol. The Labute approximate surface area is 156 Å². The third-order valence-electron chi connectivity index (χ3n) is 5.38. The highest BCUT2D eigenvalue weighted by Crippen LogP contribution is 2.21. The smallest absolute Gasteiger partial charge is 0.254 e. The summed E-state index contributed by atoms with van der Waals surface area (Å²) in [6.45, 7) is 6.98. The number of nitrogens with one attached hydrogen (secondary N) is 1. The Hall–Kier alpha value is -2.14. The van der Waals surface area contributed by atoms with E-state index in [9.17, 15) is 4.79 Å². The summed E-state index contributed by atoms with van der Waals surface area (Å²) < 4.78 is 1.92. The van der Waals surface area contributed by atoms with Gasteiger partial charge in [-0.25, -0.2) is 0 Å². The molecule has 1 amide bonds. The van der Waals surface area contributed by atoms with Crippen LogP contribution in [-0.4, -0.2) is 46.8 Å². The minimum Gasteiger partial charge on any atom is -0.349 e. The van der Waals surface area contributed by atoms with E-state index in [4.69, 9.17) is 0 Å². The lowest BCUT2D eigenvalue weighted by atomic mass is 9.86. The fourth-order valence-corrected chi connectivity index (χ4v) is 3.88. The summed E-state index contributed by atoms with van der Waals surface area (Å²) in [6, 6.07) is 10.8. The molecule has 1 N–H and O–H groups in total. The fraction of sp³-hybridized carbons (Fsp3) is 0.524. The maximum atomic E-state index is 12.9. The lowest BCUT2D eigenvalue weighted by molar-refractivity contribution is 0.0873. The van der Waals surface area contributed by atoms with E-state index in [0.717, 1.165) is 44.6 Å². The van der Waals surface area contributed by atoms with Gasteiger partial charge in [-0.3, -0.25) is 9.48 Å². The lowest BCUT2D eigenvalue weighted by Gasteiger charge is -2.37. The van der Waals surface area contributed by atoms with E-state index < -0.39 is 0 Å². The standard InChI is InChI=1S/C21H30N4O/c1-4-11-25-16(2)19(14-22-25)21(26)23-20-10-12-24(3)15-18(20)13-17-8-6-5-7-9-17/h5-9,14,18,20H,4,10-13,15H2,1-3H3,(H,23,26)/t18-,20+/m0/s1. The first kappa shape index (κ1) is 18.6. The summed E-state index contributed by atoms with van der Waals surface area (Å²) in [5, 5.41) is 7.67. The van der Waals surface area contributed by atoms with E-state index in [1.165, 1.54) is 5.56 Å². The van der Waals surface area contributed by atoms with E-state index in [2.05, 4.69) is 53.6 Å². The summed E-state index contributed by atoms with van der Waals surface area (Å²) in [5.41, 5.74) is 2.99. The highest BCUT2D eigenvalue weighted by molar-refractivity contribution is 5.95. The minimum atomic E-state index is 0.0115. The molecule has 0 spiro atoms. The average Bonchev–Trinajstić information content (AvgIpc) is 2.99. The van der Waals surface area contributed by atoms with E-state index in [0.29, 0.717) is 11.5 Å². The average molecular weight is 354 g/mol. The van der Waals surface area contributed by atoms with Crippen molar-refractivity contribution in [2.75, 3.05) is 20.1 Å². The Bertz CT molecular complexity index is 725. The van der Waals surface area contributed by atoms with Gasteiger partial charge in [0.15, 0.2) is 0 Å². The van der Waals surface area contributed by atoms with E-state index in [1.807, 2.05) is 17.7 Å². The summed E-state index contributed by atoms with van der Waals surface area (Å²) in [5.74, 6) is 0.434. The zero-order valence-electron chi connectivity index (χ0n) is 16.1. The van der Waals surface area contributed by atoms with Gasteiger partial charge in [0, 0.05) is 24.8 Å². The van der Waals surface area contributed by atoms with Crippen LogP contribution in [0.1, 0.15) is 41.4 Å². The van der Waals surface area contributed by atoms with Gasteiger partial charge in [0.1, 0.15) is 0 Å². The molecule has 0 radical (unpaired) electrons. The van der Waals surface area contributed by atoms with Crippen LogP contribution in [0.4, 0.5) is 0 Å². The van der Waals surface area contributed by atoms with Crippen molar-refractivity contribution in [3.8, 4) is 0 Å². The van der Waals surface area contributed by atoms with Gasteiger partial charge < -0.3 is 10.2 Å². The van der Waals surface area contributed by atoms with E-state index in [-0.39, 0.29) is 11.9 Å². The molecule has 140 valence electrons. The summed E-state index contributed by atoms with van der Waals surface area (Å²) in [7, 11) is 2.16. The molecule has 3 rings (SSSR count). The first-order valence-corrected chi connectivity index (χ1v) is 9.64. The third kappa shape index (κ3) is 4.33. The number of piperidine rings is 1. The van der Waals surface area contributed by atoms with Crippen molar-refractivity contribution < 1.29 is 4.79 Å². The quantitative estimate of drug-likeness (QED) is 0.868. The first-order chi connectivity index (χ1) is 12.6. The maximum Gasteiger partial charge on any atom is 0.254 e. The highest BCUT2D eigenvalue weighted by Gasteiger charge is 2.30. The Kier molecular flexibility index (Phi) is 6.09. The number of rotatable bonds is 6. The van der Waals surface area contributed by atoms with Crippen LogP contribution in [-0.2, 0) is 13.0 Å². The molecule has 1 aliphatic heterocycles. The molecule has 2 aromatic rings. The lowest BCUT2D eigenvalue weighted by Crippen LogP contribution is -2.50. The summed E-state index contributed by atoms with van der Waals surface area (Å²) in [4.78, 5) is 15.2. The molecule has 0 saturated carbocycles. The normalized spacial score (nSPS) is 20.9. The van der Waals surface area contributed by atoms with Crippen molar-refractivity contribution >= 4 is 5.91 Å². The fourth-order valence-electron chi connectivity index (χ4n) is 3.88. The van der Waals surface area contributed by atoms with Crippen molar-refractivity contribution in [2.24, 2.45) is 5.92 Å². The molecule has 1 aliphatic rings. The number of carbonyl (C=O) groups excluding carboxylic acids is 1.